The first-order valence-electron chi connectivity index (χ1n) is 6.08. The van der Waals surface area contributed by atoms with E-state index in [2.05, 4.69) is 16.0 Å². The molecule has 20 heavy (non-hydrogen) atoms. The van der Waals surface area contributed by atoms with E-state index in [9.17, 15) is 9.59 Å². The van der Waals surface area contributed by atoms with Crippen molar-refractivity contribution in [3.63, 3.8) is 0 Å². The van der Waals surface area contributed by atoms with Gasteiger partial charge in [0.2, 0.25) is 5.91 Å². The number of anilines is 1. The summed E-state index contributed by atoms with van der Waals surface area (Å²) in [6.45, 7) is 2.11. The molecular weight excluding hydrogens is 262 g/mol. The van der Waals surface area contributed by atoms with Crippen LogP contribution in [0, 0.1) is 0 Å². The molecule has 3 N–H and O–H groups in total. The number of hydrogen-bond donors (Lipinski definition) is 3. The van der Waals surface area contributed by atoms with Crippen LogP contribution in [-0.2, 0) is 4.79 Å². The van der Waals surface area contributed by atoms with Crippen LogP contribution in [0.4, 0.5) is 10.5 Å². The standard InChI is InChI=1S/C13H19N3O4/c1-9(17)14-7-8-15-13(18)16-12-10(19-2)5-4-6-11(12)20-3/h4-6H,7-8H2,1-3H3,(H,14,17)(H2,15,16,18). The molecule has 0 bridgehead atoms. The van der Waals surface area contributed by atoms with E-state index >= 15 is 0 Å². The van der Waals surface area contributed by atoms with Crippen LogP contribution in [0.1, 0.15) is 6.92 Å². The Morgan fingerprint density at radius 1 is 1.05 bits per heavy atom. The molecule has 0 saturated heterocycles. The Labute approximate surface area is 117 Å². The van der Waals surface area contributed by atoms with Crippen LogP contribution in [0.2, 0.25) is 0 Å². The number of urea groups is 1. The molecule has 0 aliphatic heterocycles. The predicted octanol–water partition coefficient (Wildman–Crippen LogP) is 0.961. The van der Waals surface area contributed by atoms with E-state index in [4.69, 9.17) is 9.47 Å². The van der Waals surface area contributed by atoms with Crippen LogP contribution in [0.15, 0.2) is 18.2 Å². The summed E-state index contributed by atoms with van der Waals surface area (Å²) in [5.41, 5.74) is 0.453. The molecule has 0 atom stereocenters. The Balaban J connectivity index is 2.59. The minimum Gasteiger partial charge on any atom is -0.494 e. The summed E-state index contributed by atoms with van der Waals surface area (Å²) in [4.78, 5) is 22.4. The zero-order valence-electron chi connectivity index (χ0n) is 11.8. The van der Waals surface area contributed by atoms with Crippen LogP contribution >= 0.6 is 0 Å². The van der Waals surface area contributed by atoms with Crippen molar-refractivity contribution in [2.24, 2.45) is 0 Å². The van der Waals surface area contributed by atoms with Gasteiger partial charge >= 0.3 is 6.03 Å². The van der Waals surface area contributed by atoms with Crippen molar-refractivity contribution in [1.29, 1.82) is 0 Å². The van der Waals surface area contributed by atoms with Crippen molar-refractivity contribution in [3.05, 3.63) is 18.2 Å². The number of carbonyl (C=O) groups is 2. The summed E-state index contributed by atoms with van der Waals surface area (Å²) < 4.78 is 10.3. The zero-order valence-corrected chi connectivity index (χ0v) is 11.8. The highest BCUT2D eigenvalue weighted by atomic mass is 16.5. The van der Waals surface area contributed by atoms with Crippen LogP contribution in [-0.4, -0.2) is 39.2 Å². The van der Waals surface area contributed by atoms with Gasteiger partial charge in [-0.2, -0.15) is 0 Å². The number of benzene rings is 1. The molecule has 0 saturated carbocycles. The van der Waals surface area contributed by atoms with Gasteiger partial charge in [0, 0.05) is 20.0 Å². The Kier molecular flexibility index (Phi) is 6.15. The molecule has 7 heteroatoms. The fourth-order valence-corrected chi connectivity index (χ4v) is 1.55. The molecule has 0 aliphatic carbocycles. The maximum atomic E-state index is 11.7. The summed E-state index contributed by atoms with van der Waals surface area (Å²) >= 11 is 0. The zero-order chi connectivity index (χ0) is 15.0. The summed E-state index contributed by atoms with van der Waals surface area (Å²) in [6.07, 6.45) is 0. The third kappa shape index (κ3) is 4.68. The Morgan fingerprint density at radius 2 is 1.60 bits per heavy atom. The minimum atomic E-state index is -0.404. The fraction of sp³-hybridized carbons (Fsp3) is 0.385. The van der Waals surface area contributed by atoms with Crippen LogP contribution in [0.25, 0.3) is 0 Å². The van der Waals surface area contributed by atoms with Crippen LogP contribution in [0.5, 0.6) is 11.5 Å². The van der Waals surface area contributed by atoms with E-state index in [0.717, 1.165) is 0 Å². The van der Waals surface area contributed by atoms with Crippen LogP contribution < -0.4 is 25.4 Å². The number of nitrogens with one attached hydrogen (secondary N) is 3. The van der Waals surface area contributed by atoms with Crippen molar-refractivity contribution < 1.29 is 19.1 Å². The molecule has 7 nitrogen and oxygen atoms in total. The van der Waals surface area contributed by atoms with E-state index in [1.165, 1.54) is 21.1 Å². The maximum absolute atomic E-state index is 11.7. The average molecular weight is 281 g/mol. The molecule has 0 aliphatic rings. The highest BCUT2D eigenvalue weighted by Crippen LogP contribution is 2.33. The second-order valence-electron chi connectivity index (χ2n) is 3.90. The largest absolute Gasteiger partial charge is 0.494 e. The van der Waals surface area contributed by atoms with Crippen molar-refractivity contribution in [3.8, 4) is 11.5 Å². The monoisotopic (exact) mass is 281 g/mol. The van der Waals surface area contributed by atoms with Gasteiger partial charge < -0.3 is 25.4 Å². The quantitative estimate of drug-likeness (QED) is 0.678. The van der Waals surface area contributed by atoms with Gasteiger partial charge in [-0.15, -0.1) is 0 Å². The van der Waals surface area contributed by atoms with E-state index in [1.807, 2.05) is 0 Å². The van der Waals surface area contributed by atoms with Crippen molar-refractivity contribution >= 4 is 17.6 Å². The number of ether oxygens (including phenoxy) is 2. The fourth-order valence-electron chi connectivity index (χ4n) is 1.55. The van der Waals surface area contributed by atoms with Crippen molar-refractivity contribution in [2.75, 3.05) is 32.6 Å². The summed E-state index contributed by atoms with van der Waals surface area (Å²) in [5.74, 6) is 0.862. The number of amides is 3. The van der Waals surface area contributed by atoms with Gasteiger partial charge in [-0.3, -0.25) is 4.79 Å². The lowest BCUT2D eigenvalue weighted by molar-refractivity contribution is -0.118. The number of para-hydroxylation sites is 1. The van der Waals surface area contributed by atoms with Gasteiger partial charge in [0.1, 0.15) is 17.2 Å². The lowest BCUT2D eigenvalue weighted by Gasteiger charge is -2.14. The topological polar surface area (TPSA) is 88.7 Å². The molecule has 0 radical (unpaired) electrons. The normalized spacial score (nSPS) is 9.55. The highest BCUT2D eigenvalue weighted by Gasteiger charge is 2.12. The van der Waals surface area contributed by atoms with Gasteiger partial charge in [0.25, 0.3) is 0 Å². The summed E-state index contributed by atoms with van der Waals surface area (Å²) in [7, 11) is 3.02. The van der Waals surface area contributed by atoms with Gasteiger partial charge in [0.05, 0.1) is 14.2 Å². The summed E-state index contributed by atoms with van der Waals surface area (Å²) in [5, 5.41) is 7.85. The second-order valence-corrected chi connectivity index (χ2v) is 3.90. The Bertz CT molecular complexity index is 454. The number of hydrogen-bond acceptors (Lipinski definition) is 4. The third-order valence-corrected chi connectivity index (χ3v) is 2.45. The van der Waals surface area contributed by atoms with Crippen molar-refractivity contribution in [1.82, 2.24) is 10.6 Å². The molecule has 0 unspecified atom stereocenters. The summed E-state index contributed by atoms with van der Waals surface area (Å²) in [6, 6.07) is 4.79. The molecule has 1 aromatic rings. The number of methoxy groups -OCH3 is 2. The van der Waals surface area contributed by atoms with E-state index in [0.29, 0.717) is 30.3 Å². The smallest absolute Gasteiger partial charge is 0.319 e. The third-order valence-electron chi connectivity index (χ3n) is 2.45. The van der Waals surface area contributed by atoms with Gasteiger partial charge in [-0.1, -0.05) is 6.07 Å². The van der Waals surface area contributed by atoms with Gasteiger partial charge in [-0.25, -0.2) is 4.79 Å². The first-order chi connectivity index (χ1) is 9.58. The Hall–Kier alpha value is -2.44. The van der Waals surface area contributed by atoms with E-state index in [1.54, 1.807) is 18.2 Å². The average Bonchev–Trinajstić information content (AvgIpc) is 2.43. The molecule has 0 spiro atoms. The molecule has 1 rings (SSSR count). The predicted molar refractivity (Wildman–Crippen MR) is 75.3 cm³/mol. The maximum Gasteiger partial charge on any atom is 0.319 e. The molecule has 3 amide bonds. The SMILES string of the molecule is COc1cccc(OC)c1NC(=O)NCCNC(C)=O. The lowest BCUT2D eigenvalue weighted by Crippen LogP contribution is -2.36. The first kappa shape index (κ1) is 15.6. The highest BCUT2D eigenvalue weighted by molar-refractivity contribution is 5.93. The second kappa shape index (κ2) is 7.88. The first-order valence-corrected chi connectivity index (χ1v) is 6.08. The Morgan fingerprint density at radius 3 is 2.10 bits per heavy atom. The molecular formula is C13H19N3O4. The number of rotatable bonds is 6. The van der Waals surface area contributed by atoms with Gasteiger partial charge in [0.15, 0.2) is 0 Å². The molecule has 1 aromatic carbocycles. The van der Waals surface area contributed by atoms with Crippen molar-refractivity contribution in [2.45, 2.75) is 6.92 Å². The molecule has 110 valence electrons. The lowest BCUT2D eigenvalue weighted by atomic mass is 10.2. The number of carbonyl (C=O) groups excluding carboxylic acids is 2. The molecule has 0 heterocycles. The van der Waals surface area contributed by atoms with E-state index < -0.39 is 6.03 Å². The van der Waals surface area contributed by atoms with Gasteiger partial charge in [-0.05, 0) is 12.1 Å². The molecule has 0 aromatic heterocycles. The van der Waals surface area contributed by atoms with E-state index in [-0.39, 0.29) is 5.91 Å². The molecule has 0 fully saturated rings. The van der Waals surface area contributed by atoms with Crippen LogP contribution in [0.3, 0.4) is 0 Å². The minimum absolute atomic E-state index is 0.140.